The van der Waals surface area contributed by atoms with Gasteiger partial charge in [0, 0.05) is 30.5 Å². The third kappa shape index (κ3) is 3.82. The Morgan fingerprint density at radius 2 is 1.88 bits per heavy atom. The lowest BCUT2D eigenvalue weighted by atomic mass is 10.00. The van der Waals surface area contributed by atoms with Crippen LogP contribution in [-0.2, 0) is 16.1 Å². The summed E-state index contributed by atoms with van der Waals surface area (Å²) in [6, 6.07) is 7.73. The van der Waals surface area contributed by atoms with E-state index in [-0.39, 0.29) is 30.3 Å². The van der Waals surface area contributed by atoms with E-state index in [2.05, 4.69) is 17.6 Å². The van der Waals surface area contributed by atoms with Gasteiger partial charge >= 0.3 is 0 Å². The van der Waals surface area contributed by atoms with Crippen molar-refractivity contribution >= 4 is 17.7 Å². The molecule has 0 spiro atoms. The van der Waals surface area contributed by atoms with Crippen LogP contribution in [0.15, 0.2) is 24.3 Å². The molecule has 2 N–H and O–H groups in total. The van der Waals surface area contributed by atoms with E-state index in [0.29, 0.717) is 24.4 Å². The number of imide groups is 1. The van der Waals surface area contributed by atoms with Gasteiger partial charge in [0.15, 0.2) is 0 Å². The molecule has 3 rings (SSSR count). The van der Waals surface area contributed by atoms with Gasteiger partial charge in [-0.1, -0.05) is 12.1 Å². The van der Waals surface area contributed by atoms with Crippen LogP contribution in [0.1, 0.15) is 48.5 Å². The first-order valence-corrected chi connectivity index (χ1v) is 8.49. The molecule has 24 heavy (non-hydrogen) atoms. The average molecular weight is 329 g/mol. The predicted octanol–water partition coefficient (Wildman–Crippen LogP) is 1.21. The van der Waals surface area contributed by atoms with Crippen LogP contribution >= 0.6 is 0 Å². The van der Waals surface area contributed by atoms with Gasteiger partial charge in [0.05, 0.1) is 6.54 Å². The van der Waals surface area contributed by atoms with Crippen molar-refractivity contribution in [3.8, 4) is 0 Å². The van der Waals surface area contributed by atoms with Gasteiger partial charge in [-0.25, -0.2) is 0 Å². The van der Waals surface area contributed by atoms with Gasteiger partial charge in [-0.2, -0.15) is 0 Å². The molecule has 2 aliphatic rings. The van der Waals surface area contributed by atoms with E-state index in [4.69, 9.17) is 0 Å². The highest BCUT2D eigenvalue weighted by Crippen LogP contribution is 2.16. The minimum atomic E-state index is -0.123. The Morgan fingerprint density at radius 3 is 2.50 bits per heavy atom. The number of hydrogen-bond donors (Lipinski definition) is 2. The maximum absolute atomic E-state index is 12.3. The standard InChI is InChI=1S/C18H23N3O3/c1-12-10-15(8-9-19-12)20-18(24)14-4-2-13(3-5-14)11-21-16(22)6-7-17(21)23/h2-5,12,15,19H,6-11H2,1H3,(H,20,24). The summed E-state index contributed by atoms with van der Waals surface area (Å²) in [5.41, 5.74) is 1.45. The van der Waals surface area contributed by atoms with Gasteiger partial charge in [-0.3, -0.25) is 19.3 Å². The molecule has 2 unspecified atom stereocenters. The predicted molar refractivity (Wildman–Crippen MR) is 89.2 cm³/mol. The second-order valence-corrected chi connectivity index (χ2v) is 6.62. The number of rotatable bonds is 4. The zero-order valence-electron chi connectivity index (χ0n) is 13.9. The van der Waals surface area contributed by atoms with Crippen molar-refractivity contribution < 1.29 is 14.4 Å². The number of likely N-dealkylation sites (tertiary alicyclic amines) is 1. The minimum Gasteiger partial charge on any atom is -0.349 e. The van der Waals surface area contributed by atoms with Crippen LogP contribution in [0.2, 0.25) is 0 Å². The van der Waals surface area contributed by atoms with Crippen LogP contribution in [0.25, 0.3) is 0 Å². The van der Waals surface area contributed by atoms with Gasteiger partial charge in [-0.15, -0.1) is 0 Å². The van der Waals surface area contributed by atoms with Crippen molar-refractivity contribution in [1.29, 1.82) is 0 Å². The number of carbonyl (C=O) groups is 3. The molecule has 2 saturated heterocycles. The molecule has 1 aromatic carbocycles. The molecular weight excluding hydrogens is 306 g/mol. The fourth-order valence-electron chi connectivity index (χ4n) is 3.28. The Bertz CT molecular complexity index is 625. The summed E-state index contributed by atoms with van der Waals surface area (Å²) in [6.07, 6.45) is 2.47. The summed E-state index contributed by atoms with van der Waals surface area (Å²) in [4.78, 5) is 36.9. The molecule has 1 aromatic rings. The number of nitrogens with zero attached hydrogens (tertiary/aromatic N) is 1. The van der Waals surface area contributed by atoms with E-state index in [1.54, 1.807) is 24.3 Å². The topological polar surface area (TPSA) is 78.5 Å². The number of benzene rings is 1. The van der Waals surface area contributed by atoms with Gasteiger partial charge in [0.2, 0.25) is 11.8 Å². The maximum Gasteiger partial charge on any atom is 0.251 e. The number of nitrogens with one attached hydrogen (secondary N) is 2. The van der Waals surface area contributed by atoms with Crippen molar-refractivity contribution in [2.45, 2.75) is 51.2 Å². The molecule has 0 bridgehead atoms. The molecule has 128 valence electrons. The highest BCUT2D eigenvalue weighted by molar-refractivity contribution is 6.01. The molecule has 6 nitrogen and oxygen atoms in total. The number of hydrogen-bond acceptors (Lipinski definition) is 4. The largest absolute Gasteiger partial charge is 0.349 e. The lowest BCUT2D eigenvalue weighted by Gasteiger charge is -2.28. The van der Waals surface area contributed by atoms with Crippen LogP contribution in [0.3, 0.4) is 0 Å². The van der Waals surface area contributed by atoms with Crippen LogP contribution in [0, 0.1) is 0 Å². The molecular formula is C18H23N3O3. The molecule has 2 fully saturated rings. The molecule has 0 radical (unpaired) electrons. The van der Waals surface area contributed by atoms with Gasteiger partial charge < -0.3 is 10.6 Å². The van der Waals surface area contributed by atoms with Crippen LogP contribution in [0.5, 0.6) is 0 Å². The molecule has 2 heterocycles. The van der Waals surface area contributed by atoms with E-state index in [0.717, 1.165) is 24.9 Å². The molecule has 2 aliphatic heterocycles. The van der Waals surface area contributed by atoms with Crippen molar-refractivity contribution in [2.24, 2.45) is 0 Å². The molecule has 0 saturated carbocycles. The molecule has 6 heteroatoms. The van der Waals surface area contributed by atoms with E-state index in [1.165, 1.54) is 4.90 Å². The summed E-state index contributed by atoms with van der Waals surface area (Å²) < 4.78 is 0. The first-order valence-electron chi connectivity index (χ1n) is 8.49. The normalized spacial score (nSPS) is 24.3. The highest BCUT2D eigenvalue weighted by atomic mass is 16.2. The smallest absolute Gasteiger partial charge is 0.251 e. The lowest BCUT2D eigenvalue weighted by molar-refractivity contribution is -0.139. The lowest BCUT2D eigenvalue weighted by Crippen LogP contribution is -2.46. The number of carbonyl (C=O) groups excluding carboxylic acids is 3. The van der Waals surface area contributed by atoms with E-state index >= 15 is 0 Å². The first kappa shape index (κ1) is 16.6. The third-order valence-electron chi connectivity index (χ3n) is 4.67. The van der Waals surface area contributed by atoms with Crippen LogP contribution < -0.4 is 10.6 Å². The quantitative estimate of drug-likeness (QED) is 0.814. The zero-order chi connectivity index (χ0) is 17.1. The van der Waals surface area contributed by atoms with Crippen molar-refractivity contribution in [3.05, 3.63) is 35.4 Å². The SMILES string of the molecule is CC1CC(NC(=O)c2ccc(CN3C(=O)CCC3=O)cc2)CCN1. The molecule has 0 aromatic heterocycles. The summed E-state index contributed by atoms with van der Waals surface area (Å²) in [5.74, 6) is -0.322. The van der Waals surface area contributed by atoms with Crippen LogP contribution in [-0.4, -0.2) is 41.2 Å². The van der Waals surface area contributed by atoms with Gasteiger partial charge in [-0.05, 0) is 44.0 Å². The zero-order valence-corrected chi connectivity index (χ0v) is 13.9. The Morgan fingerprint density at radius 1 is 1.21 bits per heavy atom. The van der Waals surface area contributed by atoms with Crippen LogP contribution in [0.4, 0.5) is 0 Å². The van der Waals surface area contributed by atoms with Gasteiger partial charge in [0.25, 0.3) is 5.91 Å². The molecule has 0 aliphatic carbocycles. The number of piperidine rings is 1. The monoisotopic (exact) mass is 329 g/mol. The maximum atomic E-state index is 12.3. The summed E-state index contributed by atoms with van der Waals surface area (Å²) in [5, 5.41) is 6.44. The van der Waals surface area contributed by atoms with E-state index < -0.39 is 0 Å². The van der Waals surface area contributed by atoms with Gasteiger partial charge in [0.1, 0.15) is 0 Å². The summed E-state index contributed by atoms with van der Waals surface area (Å²) >= 11 is 0. The molecule has 2 atom stereocenters. The van der Waals surface area contributed by atoms with Crippen molar-refractivity contribution in [3.63, 3.8) is 0 Å². The highest BCUT2D eigenvalue weighted by Gasteiger charge is 2.28. The summed E-state index contributed by atoms with van der Waals surface area (Å²) in [6.45, 7) is 3.32. The molecule has 3 amide bonds. The minimum absolute atomic E-state index is 0.0750. The number of amides is 3. The Hall–Kier alpha value is -2.21. The second kappa shape index (κ2) is 7.13. The Kier molecular flexibility index (Phi) is 4.94. The second-order valence-electron chi connectivity index (χ2n) is 6.62. The first-order chi connectivity index (χ1) is 11.5. The van der Waals surface area contributed by atoms with Crippen molar-refractivity contribution in [1.82, 2.24) is 15.5 Å². The summed E-state index contributed by atoms with van der Waals surface area (Å²) in [7, 11) is 0. The average Bonchev–Trinajstić information content (AvgIpc) is 2.87. The fraction of sp³-hybridized carbons (Fsp3) is 0.500. The fourth-order valence-corrected chi connectivity index (χ4v) is 3.28. The van der Waals surface area contributed by atoms with Crippen molar-refractivity contribution in [2.75, 3.05) is 6.54 Å². The third-order valence-corrected chi connectivity index (χ3v) is 4.67. The Balaban J connectivity index is 1.58. The van der Waals surface area contributed by atoms with E-state index in [1.807, 2.05) is 0 Å². The Labute approximate surface area is 141 Å². The van der Waals surface area contributed by atoms with E-state index in [9.17, 15) is 14.4 Å².